The van der Waals surface area contributed by atoms with E-state index in [9.17, 15) is 4.79 Å². The van der Waals surface area contributed by atoms with E-state index in [4.69, 9.17) is 0 Å². The molecule has 0 aromatic heterocycles. The molecule has 0 unspecified atom stereocenters. The van der Waals surface area contributed by atoms with Gasteiger partial charge in [-0.15, -0.1) is 0 Å². The van der Waals surface area contributed by atoms with Crippen LogP contribution in [0.3, 0.4) is 0 Å². The van der Waals surface area contributed by atoms with Gasteiger partial charge in [0.2, 0.25) is 0 Å². The molecule has 0 amide bonds. The van der Waals surface area contributed by atoms with Gasteiger partial charge in [-0.05, 0) is 43.6 Å². The maximum Gasteiger partial charge on any atom is 0.155 e. The normalized spacial score (nSPS) is 34.8. The number of fused-ring (bicyclic) bond motifs is 1. The monoisotopic (exact) mass is 178 g/mol. The van der Waals surface area contributed by atoms with Crippen molar-refractivity contribution in [1.82, 2.24) is 0 Å². The summed E-state index contributed by atoms with van der Waals surface area (Å²) >= 11 is 0. The molecule has 2 rings (SSSR count). The average Bonchev–Trinajstić information content (AvgIpc) is 2.23. The Balaban J connectivity index is 2.28. The molecule has 0 N–H and O–H groups in total. The topological polar surface area (TPSA) is 17.1 Å². The first-order valence-corrected chi connectivity index (χ1v) is 5.45. The second-order valence-corrected chi connectivity index (χ2v) is 4.76. The van der Waals surface area contributed by atoms with Crippen molar-refractivity contribution in [2.75, 3.05) is 0 Å². The minimum Gasteiger partial charge on any atom is -0.295 e. The van der Waals surface area contributed by atoms with E-state index in [0.717, 1.165) is 12.8 Å². The Kier molecular flexibility index (Phi) is 2.27. The van der Waals surface area contributed by atoms with Gasteiger partial charge < -0.3 is 0 Å². The number of ketones is 1. The Bertz CT molecular complexity index is 252. The lowest BCUT2D eigenvalue weighted by atomic mass is 9.70. The lowest BCUT2D eigenvalue weighted by molar-refractivity contribution is -0.114. The molecule has 0 aromatic carbocycles. The van der Waals surface area contributed by atoms with Crippen LogP contribution in [0.2, 0.25) is 0 Å². The summed E-state index contributed by atoms with van der Waals surface area (Å²) in [6.45, 7) is 2.34. The highest BCUT2D eigenvalue weighted by Crippen LogP contribution is 2.45. The predicted octanol–water partition coefficient (Wildman–Crippen LogP) is 3.25. The molecule has 72 valence electrons. The molecule has 13 heavy (non-hydrogen) atoms. The second-order valence-electron chi connectivity index (χ2n) is 4.76. The first-order valence-electron chi connectivity index (χ1n) is 5.45. The number of hydrogen-bond acceptors (Lipinski definition) is 1. The minimum absolute atomic E-state index is 0.362. The molecular weight excluding hydrogens is 160 g/mol. The molecule has 1 saturated carbocycles. The van der Waals surface area contributed by atoms with Gasteiger partial charge in [0, 0.05) is 6.42 Å². The van der Waals surface area contributed by atoms with Gasteiger partial charge >= 0.3 is 0 Å². The summed E-state index contributed by atoms with van der Waals surface area (Å²) in [5.74, 6) is 0.362. The third kappa shape index (κ3) is 1.70. The van der Waals surface area contributed by atoms with Gasteiger partial charge in [-0.25, -0.2) is 0 Å². The number of carbonyl (C=O) groups excluding carboxylic acids is 1. The molecular formula is C12H18O. The van der Waals surface area contributed by atoms with Crippen LogP contribution in [0.1, 0.15) is 51.9 Å². The molecule has 1 atom stereocenters. The fourth-order valence-corrected chi connectivity index (χ4v) is 2.74. The van der Waals surface area contributed by atoms with E-state index in [2.05, 4.69) is 6.92 Å². The molecule has 0 saturated heterocycles. The standard InChI is InChI=1S/C12H18O/c1-12-7-3-2-5-10(12)9-11(13)6-4-8-12/h9H,2-8H2,1H3/t12-/m0/s1. The third-order valence-corrected chi connectivity index (χ3v) is 3.69. The van der Waals surface area contributed by atoms with Crippen LogP contribution in [0.5, 0.6) is 0 Å². The molecule has 0 aliphatic heterocycles. The van der Waals surface area contributed by atoms with E-state index in [1.807, 2.05) is 6.08 Å². The molecule has 0 aromatic rings. The van der Waals surface area contributed by atoms with E-state index in [0.29, 0.717) is 11.2 Å². The molecule has 2 aliphatic carbocycles. The molecule has 1 heteroatoms. The van der Waals surface area contributed by atoms with Crippen LogP contribution in [0.15, 0.2) is 11.6 Å². The highest BCUT2D eigenvalue weighted by atomic mass is 16.1. The summed E-state index contributed by atoms with van der Waals surface area (Å²) in [7, 11) is 0. The first-order chi connectivity index (χ1) is 6.21. The fourth-order valence-electron chi connectivity index (χ4n) is 2.74. The van der Waals surface area contributed by atoms with Crippen molar-refractivity contribution < 1.29 is 4.79 Å². The molecule has 0 spiro atoms. The van der Waals surface area contributed by atoms with E-state index in [1.165, 1.54) is 37.7 Å². The first kappa shape index (κ1) is 8.98. The van der Waals surface area contributed by atoms with Crippen LogP contribution in [0, 0.1) is 5.41 Å². The van der Waals surface area contributed by atoms with Crippen molar-refractivity contribution in [3.8, 4) is 0 Å². The zero-order valence-electron chi connectivity index (χ0n) is 8.44. The van der Waals surface area contributed by atoms with Crippen LogP contribution in [0.4, 0.5) is 0 Å². The van der Waals surface area contributed by atoms with Crippen molar-refractivity contribution in [3.05, 3.63) is 11.6 Å². The van der Waals surface area contributed by atoms with Crippen LogP contribution >= 0.6 is 0 Å². The van der Waals surface area contributed by atoms with Crippen LogP contribution in [-0.2, 0) is 4.79 Å². The number of carbonyl (C=O) groups is 1. The number of allylic oxidation sites excluding steroid dienone is 2. The van der Waals surface area contributed by atoms with Gasteiger partial charge in [0.1, 0.15) is 0 Å². The van der Waals surface area contributed by atoms with Gasteiger partial charge in [-0.1, -0.05) is 18.9 Å². The van der Waals surface area contributed by atoms with E-state index in [1.54, 1.807) is 0 Å². The molecule has 0 heterocycles. The fraction of sp³-hybridized carbons (Fsp3) is 0.750. The maximum atomic E-state index is 11.4. The Hall–Kier alpha value is -0.590. The SMILES string of the molecule is C[C@@]12CCCCC1=CC(=O)CCC2. The van der Waals surface area contributed by atoms with Crippen LogP contribution < -0.4 is 0 Å². The zero-order valence-corrected chi connectivity index (χ0v) is 8.44. The molecule has 0 radical (unpaired) electrons. The van der Waals surface area contributed by atoms with Crippen molar-refractivity contribution in [2.24, 2.45) is 5.41 Å². The Morgan fingerprint density at radius 3 is 2.77 bits per heavy atom. The average molecular weight is 178 g/mol. The van der Waals surface area contributed by atoms with Crippen molar-refractivity contribution >= 4 is 5.78 Å². The molecule has 1 fully saturated rings. The van der Waals surface area contributed by atoms with Gasteiger partial charge in [-0.2, -0.15) is 0 Å². The van der Waals surface area contributed by atoms with Crippen LogP contribution in [0.25, 0.3) is 0 Å². The number of hydrogen-bond donors (Lipinski definition) is 0. The zero-order chi connectivity index (χ0) is 9.31. The van der Waals surface area contributed by atoms with E-state index < -0.39 is 0 Å². The highest BCUT2D eigenvalue weighted by molar-refractivity contribution is 5.90. The van der Waals surface area contributed by atoms with E-state index >= 15 is 0 Å². The summed E-state index contributed by atoms with van der Waals surface area (Å²) in [5, 5.41) is 0. The molecule has 2 aliphatic rings. The van der Waals surface area contributed by atoms with Gasteiger partial charge in [0.25, 0.3) is 0 Å². The summed E-state index contributed by atoms with van der Waals surface area (Å²) in [5.41, 5.74) is 1.82. The smallest absolute Gasteiger partial charge is 0.155 e. The largest absolute Gasteiger partial charge is 0.295 e. The van der Waals surface area contributed by atoms with Crippen molar-refractivity contribution in [2.45, 2.75) is 51.9 Å². The quantitative estimate of drug-likeness (QED) is 0.556. The lowest BCUT2D eigenvalue weighted by Crippen LogP contribution is -2.22. The summed E-state index contributed by atoms with van der Waals surface area (Å²) in [6.07, 6.45) is 10.1. The summed E-state index contributed by atoms with van der Waals surface area (Å²) < 4.78 is 0. The Morgan fingerprint density at radius 2 is 1.92 bits per heavy atom. The van der Waals surface area contributed by atoms with Gasteiger partial charge in [0.05, 0.1) is 0 Å². The van der Waals surface area contributed by atoms with Crippen LogP contribution in [-0.4, -0.2) is 5.78 Å². The summed E-state index contributed by atoms with van der Waals surface area (Å²) in [4.78, 5) is 11.4. The number of rotatable bonds is 0. The summed E-state index contributed by atoms with van der Waals surface area (Å²) in [6, 6.07) is 0. The lowest BCUT2D eigenvalue weighted by Gasteiger charge is -2.35. The van der Waals surface area contributed by atoms with Crippen molar-refractivity contribution in [1.29, 1.82) is 0 Å². The Morgan fingerprint density at radius 1 is 1.15 bits per heavy atom. The maximum absolute atomic E-state index is 11.4. The van der Waals surface area contributed by atoms with E-state index in [-0.39, 0.29) is 0 Å². The highest BCUT2D eigenvalue weighted by Gasteiger charge is 2.32. The second kappa shape index (κ2) is 3.28. The van der Waals surface area contributed by atoms with Gasteiger partial charge in [-0.3, -0.25) is 4.79 Å². The Labute approximate surface area is 80.2 Å². The molecule has 1 nitrogen and oxygen atoms in total. The molecule has 0 bridgehead atoms. The van der Waals surface area contributed by atoms with Gasteiger partial charge in [0.15, 0.2) is 5.78 Å². The minimum atomic E-state index is 0.362. The van der Waals surface area contributed by atoms with Crippen molar-refractivity contribution in [3.63, 3.8) is 0 Å². The third-order valence-electron chi connectivity index (χ3n) is 3.69. The predicted molar refractivity (Wildman–Crippen MR) is 53.5 cm³/mol.